The third-order valence-corrected chi connectivity index (χ3v) is 0. The van der Waals surface area contributed by atoms with Gasteiger partial charge in [-0.25, -0.2) is 0 Å². The van der Waals surface area contributed by atoms with Gasteiger partial charge in [0, 0.05) is 6.61 Å². The first-order valence-corrected chi connectivity index (χ1v) is 5.16. The summed E-state index contributed by atoms with van der Waals surface area (Å²) in [6.45, 7) is 1.93. The van der Waals surface area contributed by atoms with Gasteiger partial charge in [-0.05, 0) is 6.92 Å². The molecular formula is C2H8MoO5. The van der Waals surface area contributed by atoms with E-state index >= 15 is 0 Å². The predicted molar refractivity (Wildman–Crippen MR) is 18.6 cm³/mol. The number of aliphatic hydroxyl groups is 1. The van der Waals surface area contributed by atoms with E-state index in [1.165, 1.54) is 0 Å². The van der Waals surface area contributed by atoms with Crippen LogP contribution in [-0.4, -0.2) is 19.2 Å². The van der Waals surface area contributed by atoms with Crippen molar-refractivity contribution >= 4 is 0 Å². The third kappa shape index (κ3) is 5820. The molecule has 3 N–H and O–H groups in total. The quantitative estimate of drug-likeness (QED) is 0.427. The van der Waals surface area contributed by atoms with Crippen molar-refractivity contribution < 1.29 is 36.2 Å². The topological polar surface area (TPSA) is 94.8 Å². The molecule has 0 atom stereocenters. The van der Waals surface area contributed by atoms with E-state index in [-0.39, 0.29) is 6.61 Å². The van der Waals surface area contributed by atoms with E-state index in [2.05, 4.69) is 0 Å². The van der Waals surface area contributed by atoms with Crippen molar-refractivity contribution in [3.05, 3.63) is 0 Å². The Morgan fingerprint density at radius 2 is 1.38 bits per heavy atom. The second-order valence-electron chi connectivity index (χ2n) is 0.764. The van der Waals surface area contributed by atoms with Gasteiger partial charge in [-0.15, -0.1) is 0 Å². The summed E-state index contributed by atoms with van der Waals surface area (Å²) in [7, 11) is 0. The molecule has 0 radical (unpaired) electrons. The van der Waals surface area contributed by atoms with Gasteiger partial charge in [0.15, 0.2) is 0 Å². The second-order valence-corrected chi connectivity index (χ2v) is 2.97. The van der Waals surface area contributed by atoms with Gasteiger partial charge in [0.2, 0.25) is 0 Å². The van der Waals surface area contributed by atoms with Crippen LogP contribution in [0.2, 0.25) is 0 Å². The Kier molecular flexibility index (Phi) is 7.32. The molecule has 0 fully saturated rings. The Labute approximate surface area is 50.3 Å². The van der Waals surface area contributed by atoms with Crippen LogP contribution < -0.4 is 0 Å². The van der Waals surface area contributed by atoms with E-state index < -0.39 is 16.7 Å². The van der Waals surface area contributed by atoms with Crippen LogP contribution in [0.1, 0.15) is 6.92 Å². The van der Waals surface area contributed by atoms with Crippen molar-refractivity contribution in [1.29, 1.82) is 0 Å². The summed E-state index contributed by atoms with van der Waals surface area (Å²) in [4.78, 5) is 0. The van der Waals surface area contributed by atoms with Crippen LogP contribution in [-0.2, 0) is 23.5 Å². The van der Waals surface area contributed by atoms with E-state index in [1.54, 1.807) is 6.92 Å². The molecule has 0 aromatic rings. The molecule has 5 nitrogen and oxygen atoms in total. The number of rotatable bonds is 0. The molecule has 52 valence electrons. The van der Waals surface area contributed by atoms with Crippen molar-refractivity contribution in [3.8, 4) is 0 Å². The first-order valence-electron chi connectivity index (χ1n) is 1.72. The molecule has 0 rings (SSSR count). The SMILES string of the molecule is CCO.[O]=[Mo](=[O])([OH])[OH]. The molecule has 0 bridgehead atoms. The Balaban J connectivity index is 0. The normalized spacial score (nSPS) is 9.50. The van der Waals surface area contributed by atoms with Gasteiger partial charge in [-0.1, -0.05) is 0 Å². The molecule has 0 amide bonds. The summed E-state index contributed by atoms with van der Waals surface area (Å²) in [6.07, 6.45) is 0. The van der Waals surface area contributed by atoms with Crippen molar-refractivity contribution in [3.63, 3.8) is 0 Å². The molecule has 6 heteroatoms. The van der Waals surface area contributed by atoms with Crippen molar-refractivity contribution in [1.82, 2.24) is 0 Å². The summed E-state index contributed by atoms with van der Waals surface area (Å²) in [6, 6.07) is 0. The molecule has 0 saturated heterocycles. The number of hydrogen-bond acceptors (Lipinski definition) is 3. The van der Waals surface area contributed by atoms with E-state index in [4.69, 9.17) is 19.4 Å². The molecule has 8 heavy (non-hydrogen) atoms. The molecule has 0 aromatic heterocycles. The van der Waals surface area contributed by atoms with Crippen LogP contribution in [0.5, 0.6) is 0 Å². The average molecular weight is 208 g/mol. The minimum atomic E-state index is -5.52. The zero-order valence-corrected chi connectivity index (χ0v) is 6.28. The van der Waals surface area contributed by atoms with Gasteiger partial charge in [-0.2, -0.15) is 0 Å². The Bertz CT molecular complexity index is 104. The zero-order chi connectivity index (χ0) is 7.21. The van der Waals surface area contributed by atoms with Crippen molar-refractivity contribution in [2.75, 3.05) is 6.61 Å². The van der Waals surface area contributed by atoms with Gasteiger partial charge in [0.05, 0.1) is 0 Å². The van der Waals surface area contributed by atoms with E-state index in [0.717, 1.165) is 0 Å². The summed E-state index contributed by atoms with van der Waals surface area (Å²) in [5.74, 6) is 0. The first-order chi connectivity index (χ1) is 3.41. The molecule has 0 unspecified atom stereocenters. The monoisotopic (exact) mass is 210 g/mol. The first kappa shape index (κ1) is 11.0. The van der Waals surface area contributed by atoms with Crippen LogP contribution in [0, 0.1) is 0 Å². The van der Waals surface area contributed by atoms with E-state index in [1.807, 2.05) is 0 Å². The Morgan fingerprint density at radius 3 is 1.38 bits per heavy atom. The van der Waals surface area contributed by atoms with Crippen LogP contribution >= 0.6 is 0 Å². The molecule has 0 aliphatic heterocycles. The van der Waals surface area contributed by atoms with Gasteiger partial charge in [0.25, 0.3) is 0 Å². The molecule has 0 saturated carbocycles. The van der Waals surface area contributed by atoms with Crippen LogP contribution in [0.15, 0.2) is 0 Å². The Morgan fingerprint density at radius 1 is 1.38 bits per heavy atom. The molecular weight excluding hydrogens is 200 g/mol. The van der Waals surface area contributed by atoms with Crippen LogP contribution in [0.3, 0.4) is 0 Å². The average Bonchev–Trinajstić information content (AvgIpc) is 1.27. The molecule has 0 aliphatic carbocycles. The van der Waals surface area contributed by atoms with Gasteiger partial charge >= 0.3 is 31.1 Å². The minimum absolute atomic E-state index is 0.250. The summed E-state index contributed by atoms with van der Waals surface area (Å²) in [5, 5.41) is 7.57. The third-order valence-electron chi connectivity index (χ3n) is 0. The fourth-order valence-corrected chi connectivity index (χ4v) is 0. The van der Waals surface area contributed by atoms with E-state index in [9.17, 15) is 0 Å². The fourth-order valence-electron chi connectivity index (χ4n) is 0. The Hall–Kier alpha value is 0.168. The van der Waals surface area contributed by atoms with Crippen molar-refractivity contribution in [2.45, 2.75) is 6.92 Å². The zero-order valence-electron chi connectivity index (χ0n) is 4.27. The van der Waals surface area contributed by atoms with Crippen LogP contribution in [0.25, 0.3) is 0 Å². The van der Waals surface area contributed by atoms with Gasteiger partial charge < -0.3 is 5.11 Å². The van der Waals surface area contributed by atoms with Gasteiger partial charge in [-0.3, -0.25) is 0 Å². The fraction of sp³-hybridized carbons (Fsp3) is 1.00. The molecule has 0 aromatic carbocycles. The number of hydrogen-bond donors (Lipinski definition) is 3. The maximum atomic E-state index is 8.85. The summed E-state index contributed by atoms with van der Waals surface area (Å²) < 4.78 is 32.0. The van der Waals surface area contributed by atoms with Gasteiger partial charge in [0.1, 0.15) is 0 Å². The standard InChI is InChI=1S/C2H6O.Mo.2H2O.2O/c1-2-3;;;;;/h3H,2H2,1H3;;2*1H2;;/q;+2;;;;/p-2. The molecule has 0 spiro atoms. The maximum absolute atomic E-state index is 8.85. The summed E-state index contributed by atoms with van der Waals surface area (Å²) in [5.41, 5.74) is 0. The predicted octanol–water partition coefficient (Wildman–Crippen LogP) is -1.36. The van der Waals surface area contributed by atoms with Crippen LogP contribution in [0.4, 0.5) is 0 Å². The molecule has 0 aliphatic rings. The summed E-state index contributed by atoms with van der Waals surface area (Å²) >= 11 is -5.52. The molecule has 0 heterocycles. The van der Waals surface area contributed by atoms with Crippen molar-refractivity contribution in [2.24, 2.45) is 0 Å². The van der Waals surface area contributed by atoms with E-state index in [0.29, 0.717) is 0 Å². The number of aliphatic hydroxyl groups excluding tert-OH is 1. The second kappa shape index (κ2) is 5.31.